The van der Waals surface area contributed by atoms with Crippen molar-refractivity contribution in [1.29, 1.82) is 0 Å². The third kappa shape index (κ3) is 3.09. The molecule has 0 aliphatic rings. The van der Waals surface area contributed by atoms with Gasteiger partial charge in [-0.15, -0.1) is 0 Å². The molecular weight excluding hydrogens is 297 g/mol. The summed E-state index contributed by atoms with van der Waals surface area (Å²) in [5, 5.41) is 22.3. The normalized spacial score (nSPS) is 11.6. The third-order valence-corrected chi connectivity index (χ3v) is 3.56. The van der Waals surface area contributed by atoms with Gasteiger partial charge in [-0.3, -0.25) is 0 Å². The first kappa shape index (κ1) is 17.1. The number of rotatable bonds is 4. The minimum Gasteiger partial charge on any atom is -0.507 e. The summed E-state index contributed by atoms with van der Waals surface area (Å²) in [6, 6.07) is 3.33. The quantitative estimate of drug-likeness (QED) is 0.658. The molecule has 0 radical (unpaired) electrons. The monoisotopic (exact) mass is 321 g/mol. The highest BCUT2D eigenvalue weighted by molar-refractivity contribution is 6.01. The lowest BCUT2D eigenvalue weighted by Crippen LogP contribution is -2.23. The average molecular weight is 321 g/mol. The maximum absolute atomic E-state index is 10.8. The molecule has 0 aliphatic carbocycles. The topological polar surface area (TPSA) is 68.2 Å². The first-order chi connectivity index (χ1) is 10.7. The highest BCUT2D eigenvalue weighted by Gasteiger charge is 2.25. The largest absolute Gasteiger partial charge is 0.507 e. The predicted molar refractivity (Wildman–Crippen MR) is 90.1 cm³/mol. The lowest BCUT2D eigenvalue weighted by atomic mass is 10.0. The molecule has 0 spiro atoms. The van der Waals surface area contributed by atoms with Gasteiger partial charge in [-0.05, 0) is 33.3 Å². The van der Waals surface area contributed by atoms with Crippen molar-refractivity contribution in [1.82, 2.24) is 0 Å². The summed E-state index contributed by atoms with van der Waals surface area (Å²) in [6.07, 6.45) is 0.514. The lowest BCUT2D eigenvalue weighted by molar-refractivity contribution is 0.124. The summed E-state index contributed by atoms with van der Waals surface area (Å²) in [4.78, 5) is 0. The Labute approximate surface area is 136 Å². The molecule has 0 unspecified atom stereocenters. The first-order valence-electron chi connectivity index (χ1n) is 7.55. The Bertz CT molecular complexity index is 729. The number of aromatic hydroxyl groups is 2. The molecule has 5 heteroatoms. The fourth-order valence-corrected chi connectivity index (χ4v) is 2.57. The van der Waals surface area contributed by atoms with Crippen LogP contribution < -0.4 is 14.2 Å². The van der Waals surface area contributed by atoms with Gasteiger partial charge in [0.1, 0.15) is 22.8 Å². The third-order valence-electron chi connectivity index (χ3n) is 3.56. The van der Waals surface area contributed by atoms with E-state index in [4.69, 9.17) is 14.2 Å². The van der Waals surface area contributed by atoms with Crippen LogP contribution in [0.4, 0.5) is 0 Å². The molecule has 0 aliphatic heterocycles. The van der Waals surface area contributed by atoms with Crippen molar-refractivity contribution < 1.29 is 24.4 Å². The van der Waals surface area contributed by atoms with E-state index in [1.54, 1.807) is 12.1 Å². The highest BCUT2D eigenvalue weighted by atomic mass is 16.5. The second kappa shape index (κ2) is 6.07. The van der Waals surface area contributed by atoms with Crippen LogP contribution in [-0.2, 0) is 6.42 Å². The van der Waals surface area contributed by atoms with Crippen LogP contribution in [0.3, 0.4) is 0 Å². The lowest BCUT2D eigenvalue weighted by Gasteiger charge is -2.25. The summed E-state index contributed by atoms with van der Waals surface area (Å²) < 4.78 is 16.5. The molecule has 0 atom stereocenters. The van der Waals surface area contributed by atoms with E-state index in [1.165, 1.54) is 14.2 Å². The van der Waals surface area contributed by atoms with E-state index in [9.17, 15) is 10.2 Å². The summed E-state index contributed by atoms with van der Waals surface area (Å²) in [7, 11) is 3.04. The Hall–Kier alpha value is -2.30. The minimum atomic E-state index is -0.513. The van der Waals surface area contributed by atoms with E-state index < -0.39 is 5.60 Å². The van der Waals surface area contributed by atoms with Crippen molar-refractivity contribution in [2.75, 3.05) is 14.2 Å². The van der Waals surface area contributed by atoms with Gasteiger partial charge in [0, 0.05) is 17.0 Å². The Balaban J connectivity index is 2.91. The van der Waals surface area contributed by atoms with Crippen molar-refractivity contribution >= 4 is 10.8 Å². The molecular formula is C18H24O5. The van der Waals surface area contributed by atoms with Gasteiger partial charge in [-0.1, -0.05) is 6.92 Å². The van der Waals surface area contributed by atoms with Crippen LogP contribution in [0.2, 0.25) is 0 Å². The van der Waals surface area contributed by atoms with Crippen molar-refractivity contribution in [3.8, 4) is 28.7 Å². The molecule has 0 amide bonds. The maximum Gasteiger partial charge on any atom is 0.170 e. The van der Waals surface area contributed by atoms with E-state index in [2.05, 4.69) is 0 Å². The molecule has 126 valence electrons. The van der Waals surface area contributed by atoms with Crippen molar-refractivity contribution in [3.63, 3.8) is 0 Å². The molecule has 0 heterocycles. The smallest absolute Gasteiger partial charge is 0.170 e. The number of fused-ring (bicyclic) bond motifs is 1. The number of phenols is 2. The molecule has 0 aromatic heterocycles. The number of phenolic OH excluding ortho intramolecular Hbond substituents is 2. The number of ether oxygens (including phenoxy) is 3. The molecule has 23 heavy (non-hydrogen) atoms. The Kier molecular flexibility index (Phi) is 4.50. The number of methoxy groups -OCH3 is 2. The maximum atomic E-state index is 10.8. The number of hydrogen-bond acceptors (Lipinski definition) is 5. The van der Waals surface area contributed by atoms with Gasteiger partial charge in [0.25, 0.3) is 0 Å². The van der Waals surface area contributed by atoms with Gasteiger partial charge < -0.3 is 24.4 Å². The zero-order valence-corrected chi connectivity index (χ0v) is 14.5. The summed E-state index contributed by atoms with van der Waals surface area (Å²) in [5.41, 5.74) is 0.0431. The van der Waals surface area contributed by atoms with Gasteiger partial charge in [0.2, 0.25) is 0 Å². The second-order valence-corrected chi connectivity index (χ2v) is 6.33. The van der Waals surface area contributed by atoms with Crippen LogP contribution >= 0.6 is 0 Å². The molecule has 0 bridgehead atoms. The number of hydrogen-bond donors (Lipinski definition) is 2. The molecule has 0 fully saturated rings. The predicted octanol–water partition coefficient (Wildman–Crippen LogP) is 4.01. The van der Waals surface area contributed by atoms with E-state index in [-0.39, 0.29) is 17.2 Å². The molecule has 2 rings (SSSR count). The molecule has 0 saturated carbocycles. The molecule has 0 saturated heterocycles. The molecule has 2 N–H and O–H groups in total. The Morgan fingerprint density at radius 2 is 1.65 bits per heavy atom. The van der Waals surface area contributed by atoms with Crippen LogP contribution in [0.15, 0.2) is 12.1 Å². The van der Waals surface area contributed by atoms with Gasteiger partial charge >= 0.3 is 0 Å². The van der Waals surface area contributed by atoms with Crippen LogP contribution in [0, 0.1) is 0 Å². The summed E-state index contributed by atoms with van der Waals surface area (Å²) in [6.45, 7) is 7.56. The van der Waals surface area contributed by atoms with E-state index in [1.807, 2.05) is 27.7 Å². The SMILES string of the molecule is C[13CH2]c1c(OC(C)(C)C)c(O)c2c(OC)cc(OC)cc2c1O. The average Bonchev–Trinajstić information content (AvgIpc) is 2.50. The zero-order valence-electron chi connectivity index (χ0n) is 14.5. The van der Waals surface area contributed by atoms with Crippen LogP contribution in [0.25, 0.3) is 10.8 Å². The summed E-state index contributed by atoms with van der Waals surface area (Å²) >= 11 is 0. The fraction of sp³-hybridized carbons (Fsp3) is 0.444. The standard InChI is InChI=1S/C18H24O5/c1-7-11-15(19)12-8-10(21-5)9-13(22-6)14(12)16(20)17(11)23-18(2,3)4/h8-9,19-20H,7H2,1-6H3/i7+1. The van der Waals surface area contributed by atoms with Crippen LogP contribution in [0.5, 0.6) is 28.7 Å². The van der Waals surface area contributed by atoms with Crippen molar-refractivity contribution in [3.05, 3.63) is 17.7 Å². The van der Waals surface area contributed by atoms with Crippen LogP contribution in [0.1, 0.15) is 33.3 Å². The molecule has 2 aromatic carbocycles. The number of benzene rings is 2. The van der Waals surface area contributed by atoms with Gasteiger partial charge in [-0.2, -0.15) is 0 Å². The van der Waals surface area contributed by atoms with Crippen molar-refractivity contribution in [2.45, 2.75) is 39.7 Å². The second-order valence-electron chi connectivity index (χ2n) is 6.33. The van der Waals surface area contributed by atoms with Crippen LogP contribution in [-0.4, -0.2) is 30.0 Å². The molecule has 2 aromatic rings. The van der Waals surface area contributed by atoms with Crippen molar-refractivity contribution in [2.24, 2.45) is 0 Å². The van der Waals surface area contributed by atoms with Gasteiger partial charge in [0.15, 0.2) is 11.5 Å². The Morgan fingerprint density at radius 3 is 2.13 bits per heavy atom. The summed E-state index contributed by atoms with van der Waals surface area (Å²) in [5.74, 6) is 1.26. The van der Waals surface area contributed by atoms with E-state index >= 15 is 0 Å². The molecule has 5 nitrogen and oxygen atoms in total. The Morgan fingerprint density at radius 1 is 1.00 bits per heavy atom. The first-order valence-corrected chi connectivity index (χ1v) is 7.55. The fourth-order valence-electron chi connectivity index (χ4n) is 2.57. The van der Waals surface area contributed by atoms with E-state index in [0.29, 0.717) is 34.3 Å². The minimum absolute atomic E-state index is 0.0379. The van der Waals surface area contributed by atoms with Gasteiger partial charge in [0.05, 0.1) is 19.6 Å². The highest BCUT2D eigenvalue weighted by Crippen LogP contribution is 2.50. The zero-order chi connectivity index (χ0) is 17.4. The van der Waals surface area contributed by atoms with Gasteiger partial charge in [-0.25, -0.2) is 0 Å². The van der Waals surface area contributed by atoms with E-state index in [0.717, 1.165) is 0 Å².